The lowest BCUT2D eigenvalue weighted by molar-refractivity contribution is 0.769. The first-order valence-corrected chi connectivity index (χ1v) is 22.8. The summed E-state index contributed by atoms with van der Waals surface area (Å²) in [4.78, 5) is 0. The molecule has 2 aliphatic carbocycles. The van der Waals surface area contributed by atoms with Crippen LogP contribution >= 0.6 is 0 Å². The summed E-state index contributed by atoms with van der Waals surface area (Å²) in [7, 11) is 0. The van der Waals surface area contributed by atoms with Gasteiger partial charge in [0.15, 0.2) is 0 Å². The molecule has 300 valence electrons. The van der Waals surface area contributed by atoms with Crippen molar-refractivity contribution in [3.05, 3.63) is 265 Å². The van der Waals surface area contributed by atoms with E-state index < -0.39 is 5.41 Å². The van der Waals surface area contributed by atoms with Crippen LogP contribution in [0.5, 0.6) is 0 Å². The molecule has 0 fully saturated rings. The Morgan fingerprint density at radius 3 is 1.12 bits per heavy atom. The van der Waals surface area contributed by atoms with Crippen molar-refractivity contribution in [2.75, 3.05) is 0 Å². The maximum Gasteiger partial charge on any atom is 0.0714 e. The van der Waals surface area contributed by atoms with E-state index in [2.05, 4.69) is 243 Å². The SMILES string of the molecule is c1ccc(C2(c3ccccc3)c3ccccc3-c3c2cc(-c2c4ccccc4c(-c4ccc5c6c(cccc46)-c4ccccc4-c4ccccc4-5)c4ccccc24)c2ccccc32)cc1. The van der Waals surface area contributed by atoms with Crippen LogP contribution in [0.15, 0.2) is 243 Å². The van der Waals surface area contributed by atoms with Crippen molar-refractivity contribution < 1.29 is 0 Å². The maximum absolute atomic E-state index is 2.58. The first-order valence-electron chi connectivity index (χ1n) is 22.8. The molecule has 0 N–H and O–H groups in total. The summed E-state index contributed by atoms with van der Waals surface area (Å²) in [6.07, 6.45) is 0. The van der Waals surface area contributed by atoms with Crippen LogP contribution in [0.25, 0.3) is 110 Å². The molecule has 12 aromatic carbocycles. The van der Waals surface area contributed by atoms with Gasteiger partial charge < -0.3 is 0 Å². The van der Waals surface area contributed by atoms with Gasteiger partial charge in [-0.1, -0.05) is 237 Å². The molecule has 0 atom stereocenters. The molecule has 0 aromatic heterocycles. The molecule has 0 unspecified atom stereocenters. The monoisotopic (exact) mass is 820 g/mol. The fraction of sp³-hybridized carbons (Fsp3) is 0.0154. The first kappa shape index (κ1) is 36.2. The number of benzene rings is 12. The van der Waals surface area contributed by atoms with Crippen molar-refractivity contribution in [2.45, 2.75) is 5.41 Å². The number of fused-ring (bicyclic) bond motifs is 12. The molecule has 12 aromatic rings. The third-order valence-corrected chi connectivity index (χ3v) is 14.7. The highest BCUT2D eigenvalue weighted by Crippen LogP contribution is 2.60. The van der Waals surface area contributed by atoms with Gasteiger partial charge in [0.25, 0.3) is 0 Å². The smallest absolute Gasteiger partial charge is 0.0622 e. The van der Waals surface area contributed by atoms with Crippen molar-refractivity contribution in [1.29, 1.82) is 0 Å². The minimum absolute atomic E-state index is 0.530. The van der Waals surface area contributed by atoms with Gasteiger partial charge >= 0.3 is 0 Å². The minimum atomic E-state index is -0.530. The summed E-state index contributed by atoms with van der Waals surface area (Å²) < 4.78 is 0. The Morgan fingerprint density at radius 1 is 0.200 bits per heavy atom. The molecule has 65 heavy (non-hydrogen) atoms. The van der Waals surface area contributed by atoms with Crippen LogP contribution in [0.4, 0.5) is 0 Å². The molecule has 2 aliphatic rings. The van der Waals surface area contributed by atoms with Crippen molar-refractivity contribution in [3.63, 3.8) is 0 Å². The van der Waals surface area contributed by atoms with Crippen LogP contribution in [0.3, 0.4) is 0 Å². The fourth-order valence-electron chi connectivity index (χ4n) is 12.2. The van der Waals surface area contributed by atoms with Crippen molar-refractivity contribution in [3.8, 4) is 66.8 Å². The summed E-state index contributed by atoms with van der Waals surface area (Å²) >= 11 is 0. The molecule has 14 rings (SSSR count). The normalized spacial score (nSPS) is 13.0. The van der Waals surface area contributed by atoms with Crippen LogP contribution in [0.1, 0.15) is 22.3 Å². The van der Waals surface area contributed by atoms with Gasteiger partial charge in [-0.2, -0.15) is 0 Å². The van der Waals surface area contributed by atoms with E-state index in [1.807, 2.05) is 0 Å². The van der Waals surface area contributed by atoms with Crippen molar-refractivity contribution in [2.24, 2.45) is 0 Å². The zero-order valence-electron chi connectivity index (χ0n) is 35.6. The van der Waals surface area contributed by atoms with E-state index in [0.717, 1.165) is 0 Å². The van der Waals surface area contributed by atoms with E-state index in [9.17, 15) is 0 Å². The fourth-order valence-corrected chi connectivity index (χ4v) is 12.2. The van der Waals surface area contributed by atoms with Crippen LogP contribution < -0.4 is 0 Å². The Bertz CT molecular complexity index is 3780. The molecule has 0 aliphatic heterocycles. The van der Waals surface area contributed by atoms with Crippen molar-refractivity contribution >= 4 is 43.1 Å². The second-order valence-electron chi connectivity index (χ2n) is 17.7. The Morgan fingerprint density at radius 2 is 0.569 bits per heavy atom. The topological polar surface area (TPSA) is 0 Å². The third kappa shape index (κ3) is 4.91. The Kier molecular flexibility index (Phi) is 7.71. The molecule has 0 radical (unpaired) electrons. The summed E-state index contributed by atoms with van der Waals surface area (Å²) in [5.41, 5.74) is 20.0. The largest absolute Gasteiger partial charge is 0.0714 e. The van der Waals surface area contributed by atoms with Gasteiger partial charge in [0.05, 0.1) is 5.41 Å². The lowest BCUT2D eigenvalue weighted by Gasteiger charge is -2.34. The quantitative estimate of drug-likeness (QED) is 0.155. The van der Waals surface area contributed by atoms with E-state index >= 15 is 0 Å². The van der Waals surface area contributed by atoms with E-state index in [1.165, 1.54) is 132 Å². The molecule has 0 spiro atoms. The lowest BCUT2D eigenvalue weighted by atomic mass is 9.67. The Hall–Kier alpha value is -8.32. The molecule has 0 heterocycles. The number of hydrogen-bond donors (Lipinski definition) is 0. The van der Waals surface area contributed by atoms with E-state index in [-0.39, 0.29) is 0 Å². The van der Waals surface area contributed by atoms with Gasteiger partial charge in [-0.25, -0.2) is 0 Å². The molecule has 0 nitrogen and oxygen atoms in total. The molecule has 0 saturated carbocycles. The van der Waals surface area contributed by atoms with Gasteiger partial charge in [0.2, 0.25) is 0 Å². The predicted octanol–water partition coefficient (Wildman–Crippen LogP) is 17.3. The third-order valence-electron chi connectivity index (χ3n) is 14.7. The van der Waals surface area contributed by atoms with Gasteiger partial charge in [-0.15, -0.1) is 0 Å². The summed E-state index contributed by atoms with van der Waals surface area (Å²) in [5.74, 6) is 0. The van der Waals surface area contributed by atoms with Crippen LogP contribution in [-0.2, 0) is 5.41 Å². The predicted molar refractivity (Wildman–Crippen MR) is 275 cm³/mol. The second-order valence-corrected chi connectivity index (χ2v) is 17.7. The average Bonchev–Trinajstić information content (AvgIpc) is 3.62. The highest BCUT2D eigenvalue weighted by Gasteiger charge is 2.47. The van der Waals surface area contributed by atoms with Crippen LogP contribution in [0, 0.1) is 0 Å². The number of rotatable bonds is 4. The molecular formula is C65H40. The highest BCUT2D eigenvalue weighted by molar-refractivity contribution is 6.28. The van der Waals surface area contributed by atoms with E-state index in [4.69, 9.17) is 0 Å². The van der Waals surface area contributed by atoms with Gasteiger partial charge in [-0.3, -0.25) is 0 Å². The van der Waals surface area contributed by atoms with Crippen LogP contribution in [-0.4, -0.2) is 0 Å². The van der Waals surface area contributed by atoms with Gasteiger partial charge in [0, 0.05) is 0 Å². The zero-order valence-corrected chi connectivity index (χ0v) is 35.6. The van der Waals surface area contributed by atoms with Crippen molar-refractivity contribution in [1.82, 2.24) is 0 Å². The van der Waals surface area contributed by atoms with E-state index in [1.54, 1.807) is 0 Å². The molecule has 0 saturated heterocycles. The lowest BCUT2D eigenvalue weighted by Crippen LogP contribution is -2.28. The average molecular weight is 821 g/mol. The molecular weight excluding hydrogens is 781 g/mol. The van der Waals surface area contributed by atoms with Gasteiger partial charge in [-0.05, 0) is 138 Å². The second kappa shape index (κ2) is 13.8. The first-order chi connectivity index (χ1) is 32.3. The summed E-state index contributed by atoms with van der Waals surface area (Å²) in [5, 5.41) is 10.1. The molecule has 0 heteroatoms. The van der Waals surface area contributed by atoms with Gasteiger partial charge in [0.1, 0.15) is 0 Å². The summed E-state index contributed by atoms with van der Waals surface area (Å²) in [6.45, 7) is 0. The minimum Gasteiger partial charge on any atom is -0.0622 e. The standard InChI is InChI=1S/C65H40/c1-3-20-41(21-4-1)65(42-22-5-2-6-23-42)59-37-18-17-34-57(59)64-49-29-12-11-28-47(49)58(40-60(64)65)63-52-32-15-13-30-50(52)62(51-31-14-16-33-53(51)63)56-39-38-55-46-27-10-8-25-44(46)43-24-7-9-26-45(43)48-35-19-36-54(56)61(48)55/h1-40H. The summed E-state index contributed by atoms with van der Waals surface area (Å²) in [6, 6.07) is 91.1. The van der Waals surface area contributed by atoms with E-state index in [0.29, 0.717) is 0 Å². The van der Waals surface area contributed by atoms with Crippen LogP contribution in [0.2, 0.25) is 0 Å². The Balaban J connectivity index is 1.11. The molecule has 0 bridgehead atoms. The zero-order chi connectivity index (χ0) is 42.6. The maximum atomic E-state index is 2.58. The molecule has 0 amide bonds. The highest BCUT2D eigenvalue weighted by atomic mass is 14.5. The Labute approximate surface area is 378 Å². The number of hydrogen-bond acceptors (Lipinski definition) is 0.